The molecule has 0 fully saturated rings. The van der Waals surface area contributed by atoms with Gasteiger partial charge >= 0.3 is 0 Å². The average Bonchev–Trinajstić information content (AvgIpc) is 2.82. The van der Waals surface area contributed by atoms with E-state index < -0.39 is 9.84 Å². The van der Waals surface area contributed by atoms with Crippen LogP contribution in [0.15, 0.2) is 53.4 Å². The summed E-state index contributed by atoms with van der Waals surface area (Å²) >= 11 is 0. The number of aromatic nitrogens is 1. The van der Waals surface area contributed by atoms with E-state index in [0.717, 1.165) is 27.9 Å². The second-order valence-corrected chi connectivity index (χ2v) is 7.73. The van der Waals surface area contributed by atoms with E-state index in [2.05, 4.69) is 17.6 Å². The Morgan fingerprint density at radius 3 is 2.35 bits per heavy atom. The van der Waals surface area contributed by atoms with Gasteiger partial charge in [-0.15, -0.1) is 0 Å². The van der Waals surface area contributed by atoms with Crippen LogP contribution in [0.2, 0.25) is 0 Å². The minimum atomic E-state index is -3.15. The van der Waals surface area contributed by atoms with Gasteiger partial charge in [-0.3, -0.25) is 0 Å². The summed E-state index contributed by atoms with van der Waals surface area (Å²) in [6, 6.07) is 15.2. The molecule has 5 heteroatoms. The molecule has 0 aliphatic rings. The summed E-state index contributed by atoms with van der Waals surface area (Å²) in [5.74, 6) is 0.840. The maximum absolute atomic E-state index is 11.5. The minimum absolute atomic E-state index is 0.347. The number of aryl methyl sites for hydroxylation is 1. The Morgan fingerprint density at radius 2 is 1.74 bits per heavy atom. The first-order valence-electron chi connectivity index (χ1n) is 7.31. The lowest BCUT2D eigenvalue weighted by Crippen LogP contribution is -2.02. The number of hydrogen-bond donors (Lipinski definition) is 0. The lowest BCUT2D eigenvalue weighted by atomic mass is 10.2. The molecule has 3 aromatic rings. The average molecular weight is 329 g/mol. The molecular weight excluding hydrogens is 310 g/mol. The zero-order valence-electron chi connectivity index (χ0n) is 13.4. The predicted octanol–water partition coefficient (Wildman–Crippen LogP) is 3.41. The predicted molar refractivity (Wildman–Crippen MR) is 91.9 cm³/mol. The van der Waals surface area contributed by atoms with E-state index in [4.69, 9.17) is 4.74 Å². The highest BCUT2D eigenvalue weighted by Crippen LogP contribution is 2.25. The van der Waals surface area contributed by atoms with Crippen molar-refractivity contribution < 1.29 is 13.2 Å². The molecule has 4 nitrogen and oxygen atoms in total. The Kier molecular flexibility index (Phi) is 3.90. The molecule has 2 aromatic carbocycles. The molecule has 23 heavy (non-hydrogen) atoms. The van der Waals surface area contributed by atoms with Gasteiger partial charge in [-0.1, -0.05) is 12.1 Å². The van der Waals surface area contributed by atoms with Crippen molar-refractivity contribution in [2.75, 3.05) is 13.4 Å². The summed E-state index contributed by atoms with van der Waals surface area (Å²) in [6.07, 6.45) is 1.22. The Hall–Kier alpha value is -2.27. The van der Waals surface area contributed by atoms with Crippen molar-refractivity contribution in [3.63, 3.8) is 0 Å². The monoisotopic (exact) mass is 329 g/mol. The number of nitrogens with zero attached hydrogens (tertiary/aromatic N) is 1. The molecule has 120 valence electrons. The molecule has 0 radical (unpaired) electrons. The zero-order chi connectivity index (χ0) is 16.6. The number of hydrogen-bond acceptors (Lipinski definition) is 3. The van der Waals surface area contributed by atoms with Crippen LogP contribution in [0.5, 0.6) is 5.75 Å². The minimum Gasteiger partial charge on any atom is -0.497 e. The lowest BCUT2D eigenvalue weighted by molar-refractivity contribution is 0.415. The Bertz CT molecular complexity index is 954. The van der Waals surface area contributed by atoms with Crippen molar-refractivity contribution in [2.24, 2.45) is 0 Å². The van der Waals surface area contributed by atoms with Crippen LogP contribution in [0.4, 0.5) is 0 Å². The first-order chi connectivity index (χ1) is 10.9. The van der Waals surface area contributed by atoms with Gasteiger partial charge in [-0.05, 0) is 48.9 Å². The molecule has 0 spiro atoms. The van der Waals surface area contributed by atoms with Crippen LogP contribution >= 0.6 is 0 Å². The number of methoxy groups -OCH3 is 1. The lowest BCUT2D eigenvalue weighted by Gasteiger charge is -2.09. The zero-order valence-corrected chi connectivity index (χ0v) is 14.2. The summed E-state index contributed by atoms with van der Waals surface area (Å²) in [7, 11) is -1.49. The number of ether oxygens (including phenoxy) is 1. The van der Waals surface area contributed by atoms with Crippen molar-refractivity contribution in [1.29, 1.82) is 0 Å². The van der Waals surface area contributed by atoms with Crippen LogP contribution in [0.3, 0.4) is 0 Å². The van der Waals surface area contributed by atoms with Crippen molar-refractivity contribution >= 4 is 20.7 Å². The van der Waals surface area contributed by atoms with Gasteiger partial charge in [0.2, 0.25) is 0 Å². The fourth-order valence-corrected chi connectivity index (χ4v) is 3.38. The number of fused-ring (bicyclic) bond motifs is 1. The van der Waals surface area contributed by atoms with Gasteiger partial charge in [0, 0.05) is 29.4 Å². The fourth-order valence-electron chi connectivity index (χ4n) is 2.75. The number of rotatable bonds is 4. The van der Waals surface area contributed by atoms with E-state index in [9.17, 15) is 8.42 Å². The molecule has 0 unspecified atom stereocenters. The van der Waals surface area contributed by atoms with Crippen molar-refractivity contribution in [2.45, 2.75) is 18.4 Å². The molecule has 0 saturated heterocycles. The van der Waals surface area contributed by atoms with Crippen LogP contribution in [0.25, 0.3) is 10.9 Å². The largest absolute Gasteiger partial charge is 0.497 e. The molecule has 0 atom stereocenters. The van der Waals surface area contributed by atoms with E-state index in [-0.39, 0.29) is 0 Å². The first kappa shape index (κ1) is 15.6. The topological polar surface area (TPSA) is 48.3 Å². The van der Waals surface area contributed by atoms with E-state index in [1.807, 2.05) is 30.3 Å². The fraction of sp³-hybridized carbons (Fsp3) is 0.222. The summed E-state index contributed by atoms with van der Waals surface area (Å²) in [6.45, 7) is 2.77. The number of sulfone groups is 1. The molecule has 0 bridgehead atoms. The van der Waals surface area contributed by atoms with Gasteiger partial charge in [-0.2, -0.15) is 0 Å². The molecule has 1 heterocycles. The van der Waals surface area contributed by atoms with Crippen molar-refractivity contribution in [3.05, 3.63) is 59.8 Å². The Morgan fingerprint density at radius 1 is 1.04 bits per heavy atom. The molecule has 1 aromatic heterocycles. The van der Waals surface area contributed by atoms with Gasteiger partial charge in [-0.25, -0.2) is 8.42 Å². The second kappa shape index (κ2) is 5.74. The maximum atomic E-state index is 11.5. The van der Waals surface area contributed by atoms with Gasteiger partial charge in [0.15, 0.2) is 9.84 Å². The third-order valence-electron chi connectivity index (χ3n) is 4.01. The van der Waals surface area contributed by atoms with E-state index in [0.29, 0.717) is 11.4 Å². The summed E-state index contributed by atoms with van der Waals surface area (Å²) < 4.78 is 30.5. The third-order valence-corrected chi connectivity index (χ3v) is 5.14. The highest BCUT2D eigenvalue weighted by Gasteiger charge is 2.09. The summed E-state index contributed by atoms with van der Waals surface area (Å²) in [4.78, 5) is 0.347. The Labute approximate surface area is 136 Å². The van der Waals surface area contributed by atoms with E-state index in [1.54, 1.807) is 19.2 Å². The maximum Gasteiger partial charge on any atom is 0.175 e. The van der Waals surface area contributed by atoms with Crippen LogP contribution in [0.1, 0.15) is 11.3 Å². The molecule has 0 aliphatic carbocycles. The second-order valence-electron chi connectivity index (χ2n) is 5.71. The van der Waals surface area contributed by atoms with Crippen LogP contribution in [-0.2, 0) is 16.4 Å². The normalized spacial score (nSPS) is 11.8. The Balaban J connectivity index is 1.96. The molecule has 0 aliphatic heterocycles. The molecule has 0 N–H and O–H groups in total. The quantitative estimate of drug-likeness (QED) is 0.737. The highest BCUT2D eigenvalue weighted by molar-refractivity contribution is 7.90. The van der Waals surface area contributed by atoms with Crippen LogP contribution < -0.4 is 4.74 Å². The molecular formula is C18H19NO3S. The van der Waals surface area contributed by atoms with Gasteiger partial charge < -0.3 is 9.30 Å². The van der Waals surface area contributed by atoms with E-state index >= 15 is 0 Å². The smallest absolute Gasteiger partial charge is 0.175 e. The first-order valence-corrected chi connectivity index (χ1v) is 9.20. The van der Waals surface area contributed by atoms with Crippen LogP contribution in [0, 0.1) is 6.92 Å². The van der Waals surface area contributed by atoms with E-state index in [1.165, 1.54) is 6.26 Å². The molecule has 0 saturated carbocycles. The highest BCUT2D eigenvalue weighted by atomic mass is 32.2. The summed E-state index contributed by atoms with van der Waals surface area (Å²) in [5, 5.41) is 1.13. The molecule has 3 rings (SSSR count). The van der Waals surface area contributed by atoms with Gasteiger partial charge in [0.05, 0.1) is 12.0 Å². The third kappa shape index (κ3) is 3.10. The number of benzene rings is 2. The van der Waals surface area contributed by atoms with Crippen molar-refractivity contribution in [1.82, 2.24) is 4.57 Å². The van der Waals surface area contributed by atoms with Crippen LogP contribution in [-0.4, -0.2) is 26.4 Å². The SMILES string of the molecule is COc1ccc2c(c1)cc(C)n2Cc1ccc(S(C)(=O)=O)cc1. The summed E-state index contributed by atoms with van der Waals surface area (Å²) in [5.41, 5.74) is 3.35. The van der Waals surface area contributed by atoms with Gasteiger partial charge in [0.25, 0.3) is 0 Å². The van der Waals surface area contributed by atoms with Gasteiger partial charge in [0.1, 0.15) is 5.75 Å². The molecule has 0 amide bonds. The van der Waals surface area contributed by atoms with Crippen molar-refractivity contribution in [3.8, 4) is 5.75 Å². The standard InChI is InChI=1S/C18H19NO3S/c1-13-10-15-11-16(22-2)6-9-18(15)19(13)12-14-4-7-17(8-5-14)23(3,20)21/h4-11H,12H2,1-3H3.